The molecule has 8 heteroatoms. The highest BCUT2D eigenvalue weighted by molar-refractivity contribution is 7.99. The molecule has 0 bridgehead atoms. The maximum absolute atomic E-state index is 13.2. The van der Waals surface area contributed by atoms with Crippen molar-refractivity contribution in [3.05, 3.63) is 64.9 Å². The van der Waals surface area contributed by atoms with Crippen LogP contribution in [0.15, 0.2) is 53.7 Å². The minimum absolute atomic E-state index is 0.102. The van der Waals surface area contributed by atoms with Gasteiger partial charge in [-0.05, 0) is 40.8 Å². The predicted octanol–water partition coefficient (Wildman–Crippen LogP) is 3.43. The molecular formula is C15H10ClFN4OS. The van der Waals surface area contributed by atoms with Crippen molar-refractivity contribution in [1.82, 2.24) is 20.2 Å². The summed E-state index contributed by atoms with van der Waals surface area (Å²) < 4.78 is 14.7. The van der Waals surface area contributed by atoms with E-state index in [1.54, 1.807) is 30.3 Å². The van der Waals surface area contributed by atoms with Crippen molar-refractivity contribution in [3.8, 4) is 5.69 Å². The molecule has 0 atom stereocenters. The van der Waals surface area contributed by atoms with E-state index < -0.39 is 5.82 Å². The number of hydrogen-bond acceptors (Lipinski definition) is 5. The summed E-state index contributed by atoms with van der Waals surface area (Å²) in [6, 6.07) is 12.6. The van der Waals surface area contributed by atoms with Crippen LogP contribution in [0.5, 0.6) is 0 Å². The summed E-state index contributed by atoms with van der Waals surface area (Å²) >= 11 is 7.13. The third-order valence-electron chi connectivity index (χ3n) is 2.97. The van der Waals surface area contributed by atoms with Crippen LogP contribution in [0, 0.1) is 5.82 Å². The topological polar surface area (TPSA) is 60.7 Å². The maximum atomic E-state index is 13.2. The van der Waals surface area contributed by atoms with Crippen molar-refractivity contribution in [2.24, 2.45) is 0 Å². The Kier molecular flexibility index (Phi) is 4.68. The van der Waals surface area contributed by atoms with Crippen molar-refractivity contribution < 1.29 is 9.18 Å². The first kappa shape index (κ1) is 15.6. The van der Waals surface area contributed by atoms with Crippen LogP contribution in [-0.2, 0) is 0 Å². The Hall–Kier alpha value is -2.25. The number of carbonyl (C=O) groups excluding carboxylic acids is 1. The van der Waals surface area contributed by atoms with Gasteiger partial charge in [0.05, 0.1) is 11.4 Å². The molecule has 116 valence electrons. The summed E-state index contributed by atoms with van der Waals surface area (Å²) in [5.41, 5.74) is 1.02. The van der Waals surface area contributed by atoms with E-state index in [0.717, 1.165) is 0 Å². The Bertz CT molecular complexity index is 855. The molecule has 1 heterocycles. The summed E-state index contributed by atoms with van der Waals surface area (Å²) in [5.74, 6) is -0.538. The zero-order chi connectivity index (χ0) is 16.2. The molecule has 0 aliphatic carbocycles. The average molecular weight is 349 g/mol. The maximum Gasteiger partial charge on any atom is 0.214 e. The molecule has 0 spiro atoms. The Balaban J connectivity index is 1.75. The zero-order valence-corrected chi connectivity index (χ0v) is 13.3. The van der Waals surface area contributed by atoms with E-state index in [1.807, 2.05) is 0 Å². The van der Waals surface area contributed by atoms with Crippen LogP contribution < -0.4 is 0 Å². The van der Waals surface area contributed by atoms with E-state index in [4.69, 9.17) is 11.6 Å². The van der Waals surface area contributed by atoms with Gasteiger partial charge in [0, 0.05) is 10.6 Å². The first-order valence-corrected chi connectivity index (χ1v) is 7.96. The highest BCUT2D eigenvalue weighted by Gasteiger charge is 2.13. The largest absolute Gasteiger partial charge is 0.293 e. The lowest BCUT2D eigenvalue weighted by atomic mass is 10.1. The molecule has 0 amide bonds. The van der Waals surface area contributed by atoms with Gasteiger partial charge in [-0.3, -0.25) is 4.79 Å². The van der Waals surface area contributed by atoms with Crippen LogP contribution in [0.1, 0.15) is 10.4 Å². The van der Waals surface area contributed by atoms with Crippen molar-refractivity contribution in [2.45, 2.75) is 5.16 Å². The molecule has 0 saturated heterocycles. The number of nitrogens with zero attached hydrogens (tertiary/aromatic N) is 4. The van der Waals surface area contributed by atoms with E-state index in [9.17, 15) is 9.18 Å². The van der Waals surface area contributed by atoms with Crippen LogP contribution in [0.2, 0.25) is 5.02 Å². The van der Waals surface area contributed by atoms with Gasteiger partial charge in [0.25, 0.3) is 0 Å². The van der Waals surface area contributed by atoms with E-state index in [1.165, 1.54) is 34.6 Å². The van der Waals surface area contributed by atoms with Gasteiger partial charge in [0.15, 0.2) is 5.78 Å². The lowest BCUT2D eigenvalue weighted by molar-refractivity contribution is 0.102. The normalized spacial score (nSPS) is 10.7. The van der Waals surface area contributed by atoms with Crippen LogP contribution in [-0.4, -0.2) is 31.7 Å². The number of tetrazole rings is 1. The molecular weight excluding hydrogens is 339 g/mol. The summed E-state index contributed by atoms with van der Waals surface area (Å²) in [5, 5.41) is 12.4. The molecule has 3 aromatic rings. The van der Waals surface area contributed by atoms with Gasteiger partial charge in [-0.1, -0.05) is 41.6 Å². The van der Waals surface area contributed by atoms with Crippen LogP contribution in [0.4, 0.5) is 4.39 Å². The second-order valence-electron chi connectivity index (χ2n) is 4.58. The first-order valence-electron chi connectivity index (χ1n) is 6.59. The van der Waals surface area contributed by atoms with Gasteiger partial charge in [-0.2, -0.15) is 4.68 Å². The Morgan fingerprint density at radius 3 is 2.83 bits per heavy atom. The minimum atomic E-state index is -0.440. The minimum Gasteiger partial charge on any atom is -0.293 e. The van der Waals surface area contributed by atoms with Gasteiger partial charge in [-0.15, -0.1) is 5.10 Å². The molecule has 0 radical (unpaired) electrons. The fraction of sp³-hybridized carbons (Fsp3) is 0.0667. The zero-order valence-electron chi connectivity index (χ0n) is 11.7. The molecule has 0 saturated carbocycles. The van der Waals surface area contributed by atoms with Gasteiger partial charge in [-0.25, -0.2) is 4.39 Å². The summed E-state index contributed by atoms with van der Waals surface area (Å²) in [4.78, 5) is 12.1. The Labute approximate surface area is 140 Å². The molecule has 5 nitrogen and oxygen atoms in total. The second kappa shape index (κ2) is 6.89. The van der Waals surface area contributed by atoms with Gasteiger partial charge < -0.3 is 0 Å². The number of ketones is 1. The highest BCUT2D eigenvalue weighted by atomic mass is 35.5. The molecule has 0 N–H and O–H groups in total. The SMILES string of the molecule is O=C(CSc1nnnn1-c1cccc(Cl)c1)c1cccc(F)c1. The molecule has 23 heavy (non-hydrogen) atoms. The van der Waals surface area contributed by atoms with Crippen molar-refractivity contribution >= 4 is 29.1 Å². The molecule has 0 unspecified atom stereocenters. The molecule has 0 aliphatic rings. The lowest BCUT2D eigenvalue weighted by Crippen LogP contribution is -2.05. The second-order valence-corrected chi connectivity index (χ2v) is 5.95. The van der Waals surface area contributed by atoms with Crippen LogP contribution >= 0.6 is 23.4 Å². The third-order valence-corrected chi connectivity index (χ3v) is 4.13. The average Bonchev–Trinajstić information content (AvgIpc) is 3.01. The number of aromatic nitrogens is 4. The van der Waals surface area contributed by atoms with Crippen molar-refractivity contribution in [2.75, 3.05) is 5.75 Å². The number of halogens is 2. The van der Waals surface area contributed by atoms with Gasteiger partial charge in [0.1, 0.15) is 5.82 Å². The smallest absolute Gasteiger partial charge is 0.214 e. The molecule has 1 aromatic heterocycles. The number of thioether (sulfide) groups is 1. The third kappa shape index (κ3) is 3.75. The Morgan fingerprint density at radius 2 is 2.04 bits per heavy atom. The lowest BCUT2D eigenvalue weighted by Gasteiger charge is -2.04. The number of Topliss-reactive ketones (excluding diaryl/α,β-unsaturated/α-hetero) is 1. The Morgan fingerprint density at radius 1 is 1.22 bits per heavy atom. The monoisotopic (exact) mass is 348 g/mol. The van der Waals surface area contributed by atoms with Crippen LogP contribution in [0.3, 0.4) is 0 Å². The number of hydrogen-bond donors (Lipinski definition) is 0. The molecule has 0 aliphatic heterocycles. The quantitative estimate of drug-likeness (QED) is 0.522. The fourth-order valence-electron chi connectivity index (χ4n) is 1.91. The standard InChI is InChI=1S/C15H10ClFN4OS/c16-11-4-2-6-13(8-11)21-15(18-19-20-21)23-9-14(22)10-3-1-5-12(17)7-10/h1-8H,9H2. The van der Waals surface area contributed by atoms with Crippen molar-refractivity contribution in [1.29, 1.82) is 0 Å². The number of carbonyl (C=O) groups is 1. The molecule has 2 aromatic carbocycles. The summed E-state index contributed by atoms with van der Waals surface area (Å²) in [6.07, 6.45) is 0. The molecule has 0 fully saturated rings. The molecule has 3 rings (SSSR count). The number of rotatable bonds is 5. The van der Waals surface area contributed by atoms with E-state index >= 15 is 0 Å². The first-order chi connectivity index (χ1) is 11.1. The van der Waals surface area contributed by atoms with E-state index in [-0.39, 0.29) is 11.5 Å². The van der Waals surface area contributed by atoms with Gasteiger partial charge >= 0.3 is 0 Å². The predicted molar refractivity (Wildman–Crippen MR) is 85.6 cm³/mol. The van der Waals surface area contributed by atoms with E-state index in [0.29, 0.717) is 21.4 Å². The fourth-order valence-corrected chi connectivity index (χ4v) is 2.88. The van der Waals surface area contributed by atoms with Crippen LogP contribution in [0.25, 0.3) is 5.69 Å². The summed E-state index contributed by atoms with van der Waals surface area (Å²) in [7, 11) is 0. The van der Waals surface area contributed by atoms with E-state index in [2.05, 4.69) is 15.5 Å². The summed E-state index contributed by atoms with van der Waals surface area (Å²) in [6.45, 7) is 0. The highest BCUT2D eigenvalue weighted by Crippen LogP contribution is 2.21. The number of benzene rings is 2. The van der Waals surface area contributed by atoms with Gasteiger partial charge in [0.2, 0.25) is 5.16 Å². The van der Waals surface area contributed by atoms with Crippen molar-refractivity contribution in [3.63, 3.8) is 0 Å².